The van der Waals surface area contributed by atoms with Crippen molar-refractivity contribution in [1.29, 1.82) is 0 Å². The van der Waals surface area contributed by atoms with E-state index in [4.69, 9.17) is 5.73 Å². The van der Waals surface area contributed by atoms with Gasteiger partial charge < -0.3 is 10.8 Å². The second kappa shape index (κ2) is 4.88. The van der Waals surface area contributed by atoms with Crippen molar-refractivity contribution in [3.05, 3.63) is 29.8 Å². The molecule has 0 aliphatic heterocycles. The zero-order chi connectivity index (χ0) is 12.3. The molecule has 1 aromatic carbocycles. The maximum atomic E-state index is 12.5. The highest BCUT2D eigenvalue weighted by atomic mass is 16.3. The number of phenols is 1. The molecule has 0 aromatic heterocycles. The molecule has 2 rings (SSSR count). The number of aromatic hydroxyl groups is 1. The predicted octanol–water partition coefficient (Wildman–Crippen LogP) is 2.48. The fraction of sp³-hybridized carbons (Fsp3) is 0.500. The molecular formula is C14H19NO2. The summed E-state index contributed by atoms with van der Waals surface area (Å²) in [5, 5.41) is 9.43. The number of Topliss-reactive ketones (excluding diaryl/α,β-unsaturated/α-hetero) is 1. The normalized spacial score (nSPS) is 18.9. The fourth-order valence-corrected chi connectivity index (χ4v) is 2.71. The van der Waals surface area contributed by atoms with Crippen molar-refractivity contribution >= 4 is 5.78 Å². The van der Waals surface area contributed by atoms with Crippen LogP contribution in [0.1, 0.15) is 42.5 Å². The molecule has 0 spiro atoms. The lowest BCUT2D eigenvalue weighted by Crippen LogP contribution is -2.40. The van der Waals surface area contributed by atoms with Crippen LogP contribution in [-0.4, -0.2) is 17.4 Å². The third-order valence-corrected chi connectivity index (χ3v) is 3.79. The van der Waals surface area contributed by atoms with E-state index in [0.717, 1.165) is 25.7 Å². The van der Waals surface area contributed by atoms with Gasteiger partial charge >= 0.3 is 0 Å². The average Bonchev–Trinajstić information content (AvgIpc) is 2.38. The maximum absolute atomic E-state index is 12.5. The minimum Gasteiger partial charge on any atom is -0.508 e. The Morgan fingerprint density at radius 1 is 1.29 bits per heavy atom. The molecule has 1 saturated carbocycles. The van der Waals surface area contributed by atoms with Gasteiger partial charge in [0.25, 0.3) is 0 Å². The Bertz CT molecular complexity index is 408. The van der Waals surface area contributed by atoms with Crippen LogP contribution in [0.25, 0.3) is 0 Å². The SMILES string of the molecule is NCC1(C(=O)c2cccc(O)c2)CCCCC1. The molecule has 0 bridgehead atoms. The molecular weight excluding hydrogens is 214 g/mol. The van der Waals surface area contributed by atoms with Gasteiger partial charge in [0.05, 0.1) is 0 Å². The van der Waals surface area contributed by atoms with Crippen LogP contribution in [0.2, 0.25) is 0 Å². The second-order valence-corrected chi connectivity index (χ2v) is 4.92. The minimum absolute atomic E-state index is 0.0931. The van der Waals surface area contributed by atoms with E-state index < -0.39 is 5.41 Å². The predicted molar refractivity (Wildman–Crippen MR) is 67.0 cm³/mol. The summed E-state index contributed by atoms with van der Waals surface area (Å²) in [6.45, 7) is 0.404. The highest BCUT2D eigenvalue weighted by Gasteiger charge is 2.38. The molecule has 0 atom stereocenters. The Balaban J connectivity index is 2.28. The van der Waals surface area contributed by atoms with Crippen LogP contribution in [0.15, 0.2) is 24.3 Å². The summed E-state index contributed by atoms with van der Waals surface area (Å²) in [6.07, 6.45) is 5.08. The number of benzene rings is 1. The molecule has 3 N–H and O–H groups in total. The van der Waals surface area contributed by atoms with Crippen molar-refractivity contribution in [3.63, 3.8) is 0 Å². The number of hydrogen-bond acceptors (Lipinski definition) is 3. The van der Waals surface area contributed by atoms with E-state index in [1.807, 2.05) is 0 Å². The van der Waals surface area contributed by atoms with Crippen LogP contribution in [0.3, 0.4) is 0 Å². The second-order valence-electron chi connectivity index (χ2n) is 4.92. The lowest BCUT2D eigenvalue weighted by atomic mass is 9.69. The van der Waals surface area contributed by atoms with Crippen molar-refractivity contribution in [1.82, 2.24) is 0 Å². The molecule has 0 amide bonds. The van der Waals surface area contributed by atoms with Gasteiger partial charge in [0.2, 0.25) is 0 Å². The van der Waals surface area contributed by atoms with E-state index in [1.165, 1.54) is 12.5 Å². The topological polar surface area (TPSA) is 63.3 Å². The maximum Gasteiger partial charge on any atom is 0.170 e. The van der Waals surface area contributed by atoms with Gasteiger partial charge in [-0.3, -0.25) is 4.79 Å². The number of hydrogen-bond donors (Lipinski definition) is 2. The summed E-state index contributed by atoms with van der Waals surface area (Å²) in [7, 11) is 0. The number of carbonyl (C=O) groups is 1. The summed E-state index contributed by atoms with van der Waals surface area (Å²) in [5.41, 5.74) is 6.02. The molecule has 0 heterocycles. The minimum atomic E-state index is -0.397. The molecule has 92 valence electrons. The highest BCUT2D eigenvalue weighted by molar-refractivity contribution is 6.01. The monoisotopic (exact) mass is 233 g/mol. The van der Waals surface area contributed by atoms with Crippen molar-refractivity contribution in [2.24, 2.45) is 11.1 Å². The molecule has 0 radical (unpaired) electrons. The largest absolute Gasteiger partial charge is 0.508 e. The standard InChI is InChI=1S/C14H19NO2/c15-10-14(7-2-1-3-8-14)13(17)11-5-4-6-12(16)9-11/h4-6,9,16H,1-3,7-8,10,15H2. The van der Waals surface area contributed by atoms with Gasteiger partial charge in [-0.05, 0) is 25.0 Å². The Hall–Kier alpha value is -1.35. The van der Waals surface area contributed by atoms with Crippen LogP contribution in [0.4, 0.5) is 0 Å². The third-order valence-electron chi connectivity index (χ3n) is 3.79. The van der Waals surface area contributed by atoms with Gasteiger partial charge in [0, 0.05) is 17.5 Å². The van der Waals surface area contributed by atoms with Gasteiger partial charge in [0.1, 0.15) is 5.75 Å². The molecule has 17 heavy (non-hydrogen) atoms. The molecule has 0 saturated heterocycles. The van der Waals surface area contributed by atoms with Crippen LogP contribution in [0.5, 0.6) is 5.75 Å². The van der Waals surface area contributed by atoms with Crippen molar-refractivity contribution in [2.45, 2.75) is 32.1 Å². The summed E-state index contributed by atoms with van der Waals surface area (Å²) in [6, 6.07) is 6.57. The van der Waals surface area contributed by atoms with E-state index in [2.05, 4.69) is 0 Å². The summed E-state index contributed by atoms with van der Waals surface area (Å²) >= 11 is 0. The van der Waals surface area contributed by atoms with E-state index in [0.29, 0.717) is 12.1 Å². The summed E-state index contributed by atoms with van der Waals surface area (Å²) in [5.74, 6) is 0.231. The number of carbonyl (C=O) groups excluding carboxylic acids is 1. The molecule has 1 aliphatic rings. The van der Waals surface area contributed by atoms with Crippen LogP contribution in [-0.2, 0) is 0 Å². The Kier molecular flexibility index (Phi) is 3.48. The van der Waals surface area contributed by atoms with E-state index in [1.54, 1.807) is 18.2 Å². The quantitative estimate of drug-likeness (QED) is 0.788. The van der Waals surface area contributed by atoms with E-state index in [9.17, 15) is 9.90 Å². The van der Waals surface area contributed by atoms with Crippen LogP contribution < -0.4 is 5.73 Å². The number of ketones is 1. The van der Waals surface area contributed by atoms with Crippen molar-refractivity contribution in [2.75, 3.05) is 6.54 Å². The Labute approximate surface area is 102 Å². The molecule has 1 aliphatic carbocycles. The molecule has 3 heteroatoms. The molecule has 1 aromatic rings. The first-order valence-electron chi connectivity index (χ1n) is 6.22. The first-order valence-corrected chi connectivity index (χ1v) is 6.22. The first kappa shape index (κ1) is 12.1. The summed E-state index contributed by atoms with van der Waals surface area (Å²) in [4.78, 5) is 12.5. The lowest BCUT2D eigenvalue weighted by Gasteiger charge is -2.34. The number of phenolic OH excluding ortho intramolecular Hbond substituents is 1. The molecule has 0 unspecified atom stereocenters. The Morgan fingerprint density at radius 2 is 2.00 bits per heavy atom. The Morgan fingerprint density at radius 3 is 2.59 bits per heavy atom. The lowest BCUT2D eigenvalue weighted by molar-refractivity contribution is 0.0729. The third kappa shape index (κ3) is 2.34. The first-order chi connectivity index (χ1) is 8.18. The van der Waals surface area contributed by atoms with Crippen molar-refractivity contribution in [3.8, 4) is 5.75 Å². The average molecular weight is 233 g/mol. The zero-order valence-corrected chi connectivity index (χ0v) is 9.98. The van der Waals surface area contributed by atoms with Gasteiger partial charge in [0.15, 0.2) is 5.78 Å². The van der Waals surface area contributed by atoms with Crippen molar-refractivity contribution < 1.29 is 9.90 Å². The van der Waals surface area contributed by atoms with Gasteiger partial charge in [-0.15, -0.1) is 0 Å². The van der Waals surface area contributed by atoms with E-state index in [-0.39, 0.29) is 11.5 Å². The number of nitrogens with two attached hydrogens (primary N) is 1. The van der Waals surface area contributed by atoms with Gasteiger partial charge in [-0.1, -0.05) is 31.4 Å². The van der Waals surface area contributed by atoms with Crippen LogP contribution in [0, 0.1) is 5.41 Å². The highest BCUT2D eigenvalue weighted by Crippen LogP contribution is 2.38. The molecule has 3 nitrogen and oxygen atoms in total. The van der Waals surface area contributed by atoms with Gasteiger partial charge in [-0.2, -0.15) is 0 Å². The van der Waals surface area contributed by atoms with E-state index >= 15 is 0 Å². The van der Waals surface area contributed by atoms with Crippen LogP contribution >= 0.6 is 0 Å². The smallest absolute Gasteiger partial charge is 0.170 e. The van der Waals surface area contributed by atoms with Gasteiger partial charge in [-0.25, -0.2) is 0 Å². The molecule has 1 fully saturated rings. The number of rotatable bonds is 3. The summed E-state index contributed by atoms with van der Waals surface area (Å²) < 4.78 is 0. The fourth-order valence-electron chi connectivity index (χ4n) is 2.71. The zero-order valence-electron chi connectivity index (χ0n) is 9.98.